The molecule has 1 heterocycles. The summed E-state index contributed by atoms with van der Waals surface area (Å²) in [5, 5.41) is 7.67. The molecule has 28 heavy (non-hydrogen) atoms. The van der Waals surface area contributed by atoms with Crippen LogP contribution in [0.2, 0.25) is 0 Å². The van der Waals surface area contributed by atoms with Crippen LogP contribution in [0.3, 0.4) is 0 Å². The summed E-state index contributed by atoms with van der Waals surface area (Å²) in [7, 11) is 0. The maximum atomic E-state index is 4.50. The summed E-state index contributed by atoms with van der Waals surface area (Å²) in [6, 6.07) is 17.2. The number of nitrogens with one attached hydrogen (secondary N) is 2. The number of rotatable bonds is 7. The van der Waals surface area contributed by atoms with Gasteiger partial charge in [-0.1, -0.05) is 74.5 Å². The van der Waals surface area contributed by atoms with Gasteiger partial charge in [-0.25, -0.2) is 10.4 Å². The van der Waals surface area contributed by atoms with Crippen molar-refractivity contribution in [2.45, 2.75) is 26.7 Å². The van der Waals surface area contributed by atoms with Crippen molar-refractivity contribution in [2.24, 2.45) is 10.1 Å². The number of guanidine groups is 1. The molecule has 0 atom stereocenters. The topological polar surface area (TPSA) is 48.8 Å². The van der Waals surface area contributed by atoms with Crippen LogP contribution in [-0.4, -0.2) is 24.8 Å². The lowest BCUT2D eigenvalue weighted by Gasteiger charge is -2.02. The van der Waals surface area contributed by atoms with E-state index in [1.54, 1.807) is 0 Å². The number of nitrogens with zero attached hydrogens (tertiary/aromatic N) is 2. The summed E-state index contributed by atoms with van der Waals surface area (Å²) >= 11 is 0. The van der Waals surface area contributed by atoms with E-state index in [4.69, 9.17) is 0 Å². The molecule has 1 aliphatic heterocycles. The van der Waals surface area contributed by atoms with Crippen molar-refractivity contribution >= 4 is 23.8 Å². The van der Waals surface area contributed by atoms with Crippen LogP contribution in [-0.2, 0) is 12.8 Å². The molecule has 4 nitrogen and oxygen atoms in total. The van der Waals surface area contributed by atoms with Gasteiger partial charge < -0.3 is 5.32 Å². The minimum atomic E-state index is 0.721. The van der Waals surface area contributed by atoms with E-state index in [2.05, 4.69) is 95.4 Å². The molecule has 0 spiro atoms. The van der Waals surface area contributed by atoms with Gasteiger partial charge in [-0.3, -0.25) is 0 Å². The largest absolute Gasteiger partial charge is 0.353 e. The average molecular weight is 373 g/mol. The Morgan fingerprint density at radius 3 is 1.89 bits per heavy atom. The molecule has 0 aliphatic carbocycles. The van der Waals surface area contributed by atoms with Gasteiger partial charge in [-0.15, -0.1) is 0 Å². The Kier molecular flexibility index (Phi) is 7.19. The molecule has 0 saturated carbocycles. The standard InChI is InChI=1S/C24H28N4/c1-3-19-5-9-21(10-6-19)13-15-23(27-28-24-25-17-18-26-24)16-14-22-11-7-20(4-2)8-12-22/h5-16H,3-4,17-18H2,1-2H3,(H2,25,26,28). The van der Waals surface area contributed by atoms with Gasteiger partial charge in [0.2, 0.25) is 5.96 Å². The number of aliphatic imine (C=N–C) groups is 1. The van der Waals surface area contributed by atoms with E-state index < -0.39 is 0 Å². The van der Waals surface area contributed by atoms with Crippen molar-refractivity contribution < 1.29 is 0 Å². The van der Waals surface area contributed by atoms with Crippen molar-refractivity contribution in [3.8, 4) is 0 Å². The molecule has 2 aromatic rings. The molecule has 0 aromatic heterocycles. The van der Waals surface area contributed by atoms with E-state index in [1.807, 2.05) is 12.2 Å². The quantitative estimate of drug-likeness (QED) is 0.557. The molecular weight excluding hydrogens is 344 g/mol. The fraction of sp³-hybridized carbons (Fsp3) is 0.250. The van der Waals surface area contributed by atoms with Crippen LogP contribution in [0.4, 0.5) is 0 Å². The molecule has 1 aliphatic rings. The minimum Gasteiger partial charge on any atom is -0.353 e. The maximum Gasteiger partial charge on any atom is 0.212 e. The Bertz CT molecular complexity index is 812. The summed E-state index contributed by atoms with van der Waals surface area (Å²) in [5.74, 6) is 0.721. The van der Waals surface area contributed by atoms with E-state index in [-0.39, 0.29) is 0 Å². The second kappa shape index (κ2) is 10.3. The average Bonchev–Trinajstić information content (AvgIpc) is 3.27. The van der Waals surface area contributed by atoms with E-state index in [9.17, 15) is 0 Å². The third-order valence-corrected chi connectivity index (χ3v) is 4.63. The zero-order valence-corrected chi connectivity index (χ0v) is 16.7. The van der Waals surface area contributed by atoms with Crippen LogP contribution in [0.25, 0.3) is 12.2 Å². The second-order valence-electron chi connectivity index (χ2n) is 6.66. The van der Waals surface area contributed by atoms with E-state index in [0.717, 1.165) is 48.7 Å². The summed E-state index contributed by atoms with van der Waals surface area (Å²) in [6.45, 7) is 5.97. The van der Waals surface area contributed by atoms with Crippen molar-refractivity contribution in [1.82, 2.24) is 10.7 Å². The molecule has 0 fully saturated rings. The van der Waals surface area contributed by atoms with Crippen molar-refractivity contribution in [1.29, 1.82) is 0 Å². The summed E-state index contributed by atoms with van der Waals surface area (Å²) < 4.78 is 0. The van der Waals surface area contributed by atoms with Gasteiger partial charge in [0.25, 0.3) is 0 Å². The van der Waals surface area contributed by atoms with Crippen molar-refractivity contribution in [3.05, 3.63) is 82.9 Å². The number of hydrazone groups is 1. The normalized spacial score (nSPS) is 13.6. The first-order chi connectivity index (χ1) is 13.8. The number of hydrogen-bond acceptors (Lipinski definition) is 4. The first-order valence-electron chi connectivity index (χ1n) is 9.93. The lowest BCUT2D eigenvalue weighted by molar-refractivity contribution is 0.918. The predicted molar refractivity (Wildman–Crippen MR) is 121 cm³/mol. The van der Waals surface area contributed by atoms with Gasteiger partial charge in [-0.2, -0.15) is 5.10 Å². The van der Waals surface area contributed by atoms with Crippen LogP contribution in [0.15, 0.2) is 70.8 Å². The molecule has 0 amide bonds. The van der Waals surface area contributed by atoms with Crippen LogP contribution in [0.5, 0.6) is 0 Å². The molecule has 2 aromatic carbocycles. The van der Waals surface area contributed by atoms with Gasteiger partial charge in [0, 0.05) is 6.54 Å². The Balaban J connectivity index is 1.75. The molecule has 3 rings (SSSR count). The molecule has 4 heteroatoms. The fourth-order valence-corrected chi connectivity index (χ4v) is 2.81. The molecule has 2 N–H and O–H groups in total. The lowest BCUT2D eigenvalue weighted by Crippen LogP contribution is -2.30. The van der Waals surface area contributed by atoms with Gasteiger partial charge in [0.15, 0.2) is 0 Å². The number of aryl methyl sites for hydroxylation is 2. The number of benzene rings is 2. The highest BCUT2D eigenvalue weighted by Crippen LogP contribution is 2.09. The predicted octanol–water partition coefficient (Wildman–Crippen LogP) is 4.44. The molecular formula is C24H28N4. The molecule has 0 unspecified atom stereocenters. The Morgan fingerprint density at radius 2 is 1.46 bits per heavy atom. The Labute approximate surface area is 167 Å². The highest BCUT2D eigenvalue weighted by molar-refractivity contribution is 6.09. The van der Waals surface area contributed by atoms with Crippen LogP contribution in [0, 0.1) is 0 Å². The zero-order valence-electron chi connectivity index (χ0n) is 16.7. The highest BCUT2D eigenvalue weighted by atomic mass is 15.4. The summed E-state index contributed by atoms with van der Waals surface area (Å²) in [6.07, 6.45) is 10.3. The van der Waals surface area contributed by atoms with Crippen molar-refractivity contribution in [2.75, 3.05) is 13.1 Å². The second-order valence-corrected chi connectivity index (χ2v) is 6.66. The molecule has 144 valence electrons. The molecule has 0 bridgehead atoms. The first kappa shape index (κ1) is 19.6. The fourth-order valence-electron chi connectivity index (χ4n) is 2.81. The Hall–Kier alpha value is -3.14. The van der Waals surface area contributed by atoms with E-state index >= 15 is 0 Å². The van der Waals surface area contributed by atoms with E-state index in [1.165, 1.54) is 11.1 Å². The number of hydrogen-bond donors (Lipinski definition) is 2. The Morgan fingerprint density at radius 1 is 0.929 bits per heavy atom. The lowest BCUT2D eigenvalue weighted by atomic mass is 10.1. The third-order valence-electron chi connectivity index (χ3n) is 4.63. The molecule has 0 radical (unpaired) electrons. The van der Waals surface area contributed by atoms with Gasteiger partial charge in [0.1, 0.15) is 0 Å². The highest BCUT2D eigenvalue weighted by Gasteiger charge is 2.02. The van der Waals surface area contributed by atoms with Crippen LogP contribution >= 0.6 is 0 Å². The zero-order chi connectivity index (χ0) is 19.6. The third kappa shape index (κ3) is 5.95. The SMILES string of the molecule is CCc1ccc(C=CC(C=Cc2ccc(CC)cc2)=NNC2=NCCN2)cc1. The molecule has 0 saturated heterocycles. The maximum absolute atomic E-state index is 4.50. The number of allylic oxidation sites excluding steroid dienone is 2. The smallest absolute Gasteiger partial charge is 0.212 e. The van der Waals surface area contributed by atoms with Gasteiger partial charge >= 0.3 is 0 Å². The minimum absolute atomic E-state index is 0.721. The van der Waals surface area contributed by atoms with Crippen LogP contribution < -0.4 is 10.7 Å². The van der Waals surface area contributed by atoms with Gasteiger partial charge in [-0.05, 0) is 47.2 Å². The van der Waals surface area contributed by atoms with Gasteiger partial charge in [0.05, 0.1) is 12.3 Å². The summed E-state index contributed by atoms with van der Waals surface area (Å²) in [4.78, 5) is 4.32. The summed E-state index contributed by atoms with van der Waals surface area (Å²) in [5.41, 5.74) is 8.84. The monoisotopic (exact) mass is 372 g/mol. The van der Waals surface area contributed by atoms with E-state index in [0.29, 0.717) is 0 Å². The first-order valence-corrected chi connectivity index (χ1v) is 9.93. The van der Waals surface area contributed by atoms with Crippen LogP contribution in [0.1, 0.15) is 36.1 Å². The van der Waals surface area contributed by atoms with Crippen molar-refractivity contribution in [3.63, 3.8) is 0 Å².